The van der Waals surface area contributed by atoms with Crippen LogP contribution in [-0.2, 0) is 26.1 Å². The molecule has 0 saturated heterocycles. The molecule has 2 aromatic heterocycles. The van der Waals surface area contributed by atoms with Gasteiger partial charge in [0, 0.05) is 25.1 Å². The van der Waals surface area contributed by atoms with Crippen molar-refractivity contribution in [1.29, 1.82) is 0 Å². The monoisotopic (exact) mass is 497 g/mol. The van der Waals surface area contributed by atoms with Gasteiger partial charge in [-0.2, -0.15) is 9.82 Å². The lowest BCUT2D eigenvalue weighted by molar-refractivity contribution is -0.141. The smallest absolute Gasteiger partial charge is 0.303 e. The van der Waals surface area contributed by atoms with Crippen LogP contribution in [0.5, 0.6) is 0 Å². The summed E-state index contributed by atoms with van der Waals surface area (Å²) in [5, 5.41) is 7.66. The number of hydrogen-bond donors (Lipinski definition) is 2. The molecule has 0 aliphatic heterocycles. The zero-order valence-corrected chi connectivity index (χ0v) is 19.3. The molecule has 35 heavy (non-hydrogen) atoms. The predicted molar refractivity (Wildman–Crippen MR) is 123 cm³/mol. The third-order valence-electron chi connectivity index (χ3n) is 5.02. The van der Waals surface area contributed by atoms with Gasteiger partial charge in [-0.15, -0.1) is 0 Å². The van der Waals surface area contributed by atoms with Gasteiger partial charge in [0.25, 0.3) is 5.91 Å². The molecule has 0 atom stereocenters. The average molecular weight is 498 g/mol. The molecule has 0 unspecified atom stereocenters. The SMILES string of the molecule is CC(=O)OCNS(=O)(=O)c1ccc(CNC(=O)c2cncc3c2cnn3-c2ccc(F)cc2)cc1. The van der Waals surface area contributed by atoms with Crippen LogP contribution in [0.15, 0.2) is 72.0 Å². The van der Waals surface area contributed by atoms with E-state index in [4.69, 9.17) is 0 Å². The minimum Gasteiger partial charge on any atom is -0.449 e. The number of nitrogens with one attached hydrogen (secondary N) is 2. The summed E-state index contributed by atoms with van der Waals surface area (Å²) < 4.78 is 46.0. The number of rotatable bonds is 8. The normalized spacial score (nSPS) is 11.4. The minimum absolute atomic E-state index is 0.0121. The zero-order valence-electron chi connectivity index (χ0n) is 18.4. The zero-order chi connectivity index (χ0) is 25.0. The maximum absolute atomic E-state index is 13.2. The number of nitrogens with zero attached hydrogens (tertiary/aromatic N) is 3. The molecule has 0 saturated carbocycles. The van der Waals surface area contributed by atoms with E-state index in [1.54, 1.807) is 35.1 Å². The Kier molecular flexibility index (Phi) is 6.85. The molecule has 2 heterocycles. The van der Waals surface area contributed by atoms with Gasteiger partial charge in [0.15, 0.2) is 6.73 Å². The summed E-state index contributed by atoms with van der Waals surface area (Å²) in [4.78, 5) is 27.7. The number of ether oxygens (including phenoxy) is 1. The Balaban J connectivity index is 1.45. The number of benzene rings is 2. The van der Waals surface area contributed by atoms with E-state index >= 15 is 0 Å². The fourth-order valence-electron chi connectivity index (χ4n) is 3.27. The molecule has 0 aliphatic rings. The van der Waals surface area contributed by atoms with Gasteiger partial charge in [0.2, 0.25) is 10.0 Å². The maximum atomic E-state index is 13.2. The van der Waals surface area contributed by atoms with E-state index in [1.165, 1.54) is 43.6 Å². The van der Waals surface area contributed by atoms with Crippen LogP contribution in [0.2, 0.25) is 0 Å². The van der Waals surface area contributed by atoms with Crippen LogP contribution in [0.25, 0.3) is 16.6 Å². The van der Waals surface area contributed by atoms with E-state index in [-0.39, 0.29) is 23.2 Å². The van der Waals surface area contributed by atoms with Gasteiger partial charge >= 0.3 is 5.97 Å². The van der Waals surface area contributed by atoms with Crippen LogP contribution in [0.3, 0.4) is 0 Å². The summed E-state index contributed by atoms with van der Waals surface area (Å²) in [5.41, 5.74) is 2.18. The van der Waals surface area contributed by atoms with Gasteiger partial charge in [0.1, 0.15) is 5.82 Å². The van der Waals surface area contributed by atoms with Crippen LogP contribution in [0, 0.1) is 5.82 Å². The van der Waals surface area contributed by atoms with Crippen LogP contribution < -0.4 is 10.0 Å². The van der Waals surface area contributed by atoms with Crippen LogP contribution in [0.1, 0.15) is 22.8 Å². The first-order valence-electron chi connectivity index (χ1n) is 10.3. The number of carbonyl (C=O) groups excluding carboxylic acids is 2. The second kappa shape index (κ2) is 9.99. The Bertz CT molecular complexity index is 1490. The van der Waals surface area contributed by atoms with Gasteiger partial charge in [-0.05, 0) is 42.0 Å². The summed E-state index contributed by atoms with van der Waals surface area (Å²) in [6.45, 7) is 0.848. The van der Waals surface area contributed by atoms with Gasteiger partial charge < -0.3 is 10.1 Å². The molecule has 0 spiro atoms. The van der Waals surface area contributed by atoms with E-state index in [2.05, 4.69) is 24.9 Å². The topological polar surface area (TPSA) is 132 Å². The number of sulfonamides is 1. The van der Waals surface area contributed by atoms with Crippen molar-refractivity contribution in [2.75, 3.05) is 6.73 Å². The summed E-state index contributed by atoms with van der Waals surface area (Å²) in [7, 11) is -3.85. The van der Waals surface area contributed by atoms with Gasteiger partial charge in [0.05, 0.1) is 34.1 Å². The number of aromatic nitrogens is 3. The van der Waals surface area contributed by atoms with Crippen LogP contribution >= 0.6 is 0 Å². The first-order chi connectivity index (χ1) is 16.7. The van der Waals surface area contributed by atoms with Crippen LogP contribution in [-0.4, -0.2) is 41.8 Å². The molecular formula is C23H20FN5O5S. The van der Waals surface area contributed by atoms with E-state index in [0.29, 0.717) is 27.7 Å². The quantitative estimate of drug-likeness (QED) is 0.282. The van der Waals surface area contributed by atoms with Crippen molar-refractivity contribution >= 4 is 32.8 Å². The molecule has 0 fully saturated rings. The first kappa shape index (κ1) is 24.0. The highest BCUT2D eigenvalue weighted by molar-refractivity contribution is 7.89. The second-order valence-electron chi connectivity index (χ2n) is 7.41. The van der Waals surface area contributed by atoms with E-state index in [1.807, 2.05) is 0 Å². The molecule has 4 aromatic rings. The van der Waals surface area contributed by atoms with Gasteiger partial charge in [-0.25, -0.2) is 17.5 Å². The Morgan fingerprint density at radius 2 is 1.74 bits per heavy atom. The molecule has 1 amide bonds. The number of esters is 1. The molecule has 10 nitrogen and oxygen atoms in total. The minimum atomic E-state index is -3.85. The Hall–Kier alpha value is -4.16. The third kappa shape index (κ3) is 5.50. The molecule has 0 bridgehead atoms. The molecule has 180 valence electrons. The van der Waals surface area contributed by atoms with Gasteiger partial charge in [-0.1, -0.05) is 12.1 Å². The lowest BCUT2D eigenvalue weighted by Crippen LogP contribution is -2.27. The Morgan fingerprint density at radius 1 is 1.03 bits per heavy atom. The lowest BCUT2D eigenvalue weighted by Gasteiger charge is -2.09. The maximum Gasteiger partial charge on any atom is 0.303 e. The first-order valence-corrected chi connectivity index (χ1v) is 11.8. The van der Waals surface area contributed by atoms with Crippen molar-refractivity contribution in [3.05, 3.63) is 84.1 Å². The highest BCUT2D eigenvalue weighted by atomic mass is 32.2. The van der Waals surface area contributed by atoms with E-state index in [9.17, 15) is 22.4 Å². The standard InChI is InChI=1S/C23H20FN5O5S/c1-15(30)34-14-28-35(32,33)19-8-2-16(3-9-19)10-26-23(31)21-11-25-13-22-20(21)12-27-29(22)18-6-4-17(24)5-7-18/h2-9,11-13,28H,10,14H2,1H3,(H,26,31). The number of carbonyl (C=O) groups is 2. The lowest BCUT2D eigenvalue weighted by atomic mass is 10.1. The fourth-order valence-corrected chi connectivity index (χ4v) is 4.14. The summed E-state index contributed by atoms with van der Waals surface area (Å²) >= 11 is 0. The third-order valence-corrected chi connectivity index (χ3v) is 6.41. The van der Waals surface area contributed by atoms with Crippen molar-refractivity contribution in [2.24, 2.45) is 0 Å². The molecule has 2 N–H and O–H groups in total. The molecule has 2 aromatic carbocycles. The number of hydrogen-bond acceptors (Lipinski definition) is 7. The molecule has 0 radical (unpaired) electrons. The van der Waals surface area contributed by atoms with Crippen molar-refractivity contribution in [1.82, 2.24) is 24.8 Å². The molecular weight excluding hydrogens is 477 g/mol. The number of pyridine rings is 1. The van der Waals surface area contributed by atoms with Gasteiger partial charge in [-0.3, -0.25) is 14.6 Å². The summed E-state index contributed by atoms with van der Waals surface area (Å²) in [6, 6.07) is 11.7. The van der Waals surface area contributed by atoms with E-state index < -0.39 is 22.7 Å². The molecule has 0 aliphatic carbocycles. The second-order valence-corrected chi connectivity index (χ2v) is 9.17. The number of halogens is 1. The average Bonchev–Trinajstić information content (AvgIpc) is 3.27. The highest BCUT2D eigenvalue weighted by Gasteiger charge is 2.16. The fraction of sp³-hybridized carbons (Fsp3) is 0.130. The molecule has 12 heteroatoms. The Labute approximate surface area is 199 Å². The van der Waals surface area contributed by atoms with E-state index in [0.717, 1.165) is 0 Å². The summed E-state index contributed by atoms with van der Waals surface area (Å²) in [5.74, 6) is -1.36. The highest BCUT2D eigenvalue weighted by Crippen LogP contribution is 2.21. The van der Waals surface area contributed by atoms with Crippen molar-refractivity contribution in [3.8, 4) is 5.69 Å². The molecule has 4 rings (SSSR count). The Morgan fingerprint density at radius 3 is 2.43 bits per heavy atom. The summed E-state index contributed by atoms with van der Waals surface area (Å²) in [6.07, 6.45) is 4.54. The largest absolute Gasteiger partial charge is 0.449 e. The van der Waals surface area contributed by atoms with Crippen molar-refractivity contribution in [2.45, 2.75) is 18.4 Å². The van der Waals surface area contributed by atoms with Crippen molar-refractivity contribution in [3.63, 3.8) is 0 Å². The van der Waals surface area contributed by atoms with Crippen molar-refractivity contribution < 1.29 is 27.1 Å². The number of amides is 1. The predicted octanol–water partition coefficient (Wildman–Crippen LogP) is 2.29. The van der Waals surface area contributed by atoms with Crippen LogP contribution in [0.4, 0.5) is 4.39 Å². The number of fused-ring (bicyclic) bond motifs is 1.